The SMILES string of the molecule is COc1ccc(OCC(=O)N=Nc2c(O)n(C[NH+]3CCCCC3)c3ccccc23)cc1. The number of azo groups is 1. The van der Waals surface area contributed by atoms with Gasteiger partial charge in [0.15, 0.2) is 19.0 Å². The smallest absolute Gasteiger partial charge is 0.302 e. The molecule has 8 heteroatoms. The molecule has 0 aliphatic carbocycles. The number of hydrogen-bond donors (Lipinski definition) is 2. The van der Waals surface area contributed by atoms with Crippen LogP contribution in [0.2, 0.25) is 0 Å². The summed E-state index contributed by atoms with van der Waals surface area (Å²) in [5.41, 5.74) is 1.19. The Hall–Kier alpha value is -3.39. The zero-order valence-electron chi connectivity index (χ0n) is 17.6. The van der Waals surface area contributed by atoms with Gasteiger partial charge in [-0.25, -0.2) is 0 Å². The average Bonchev–Trinajstić information content (AvgIpc) is 3.08. The van der Waals surface area contributed by atoms with Gasteiger partial charge in [0, 0.05) is 5.39 Å². The Bertz CT molecular complexity index is 1070. The molecule has 2 N–H and O–H groups in total. The number of carbonyl (C=O) groups excluding carboxylic acids is 1. The third-order valence-corrected chi connectivity index (χ3v) is 5.54. The molecule has 1 saturated heterocycles. The first-order valence-electron chi connectivity index (χ1n) is 10.5. The van der Waals surface area contributed by atoms with E-state index in [2.05, 4.69) is 10.2 Å². The minimum atomic E-state index is -0.534. The van der Waals surface area contributed by atoms with Crippen LogP contribution in [0.3, 0.4) is 0 Å². The molecule has 162 valence electrons. The summed E-state index contributed by atoms with van der Waals surface area (Å²) < 4.78 is 12.4. The summed E-state index contributed by atoms with van der Waals surface area (Å²) in [5, 5.41) is 19.5. The number of aromatic nitrogens is 1. The highest BCUT2D eigenvalue weighted by atomic mass is 16.5. The normalized spacial score (nSPS) is 14.9. The highest BCUT2D eigenvalue weighted by Crippen LogP contribution is 2.38. The molecule has 8 nitrogen and oxygen atoms in total. The lowest BCUT2D eigenvalue weighted by atomic mass is 10.1. The quantitative estimate of drug-likeness (QED) is 0.572. The van der Waals surface area contributed by atoms with Crippen LogP contribution >= 0.6 is 0 Å². The van der Waals surface area contributed by atoms with Gasteiger partial charge in [-0.05, 0) is 49.6 Å². The molecule has 1 aliphatic heterocycles. The van der Waals surface area contributed by atoms with Crippen LogP contribution in [-0.4, -0.2) is 42.4 Å². The van der Waals surface area contributed by atoms with Gasteiger partial charge in [0.05, 0.1) is 25.7 Å². The maximum absolute atomic E-state index is 12.2. The fraction of sp³-hybridized carbons (Fsp3) is 0.348. The van der Waals surface area contributed by atoms with E-state index in [9.17, 15) is 9.90 Å². The monoisotopic (exact) mass is 423 g/mol. The molecule has 0 unspecified atom stereocenters. The molecule has 0 atom stereocenters. The summed E-state index contributed by atoms with van der Waals surface area (Å²) >= 11 is 0. The molecule has 2 heterocycles. The summed E-state index contributed by atoms with van der Waals surface area (Å²) in [6, 6.07) is 14.6. The first kappa shape index (κ1) is 20.9. The molecule has 4 rings (SSSR count). The summed E-state index contributed by atoms with van der Waals surface area (Å²) in [4.78, 5) is 13.6. The number of hydrogen-bond acceptors (Lipinski definition) is 5. The number of amides is 1. The van der Waals surface area contributed by atoms with Crippen molar-refractivity contribution >= 4 is 22.5 Å². The molecule has 1 amide bonds. The van der Waals surface area contributed by atoms with Crippen LogP contribution in [-0.2, 0) is 11.5 Å². The molecule has 3 aromatic rings. The topological polar surface area (TPSA) is 89.8 Å². The summed E-state index contributed by atoms with van der Waals surface area (Å²) in [6.45, 7) is 2.59. The lowest BCUT2D eigenvalue weighted by molar-refractivity contribution is -0.927. The number of piperidine rings is 1. The third kappa shape index (κ3) is 4.86. The van der Waals surface area contributed by atoms with Crippen LogP contribution < -0.4 is 14.4 Å². The lowest BCUT2D eigenvalue weighted by Gasteiger charge is -2.24. The molecule has 1 aliphatic rings. The van der Waals surface area contributed by atoms with Crippen molar-refractivity contribution in [2.45, 2.75) is 25.9 Å². The van der Waals surface area contributed by atoms with Crippen LogP contribution in [0.5, 0.6) is 17.4 Å². The highest BCUT2D eigenvalue weighted by Gasteiger charge is 2.21. The molecule has 1 aromatic heterocycles. The molecule has 1 fully saturated rings. The zero-order chi connectivity index (χ0) is 21.6. The predicted octanol–water partition coefficient (Wildman–Crippen LogP) is 3.07. The average molecular weight is 423 g/mol. The summed E-state index contributed by atoms with van der Waals surface area (Å²) in [5.74, 6) is 0.741. The van der Waals surface area contributed by atoms with Crippen LogP contribution in [0.1, 0.15) is 19.3 Å². The summed E-state index contributed by atoms with van der Waals surface area (Å²) in [6.07, 6.45) is 3.66. The number of para-hydroxylation sites is 1. The second-order valence-electron chi connectivity index (χ2n) is 7.64. The van der Waals surface area contributed by atoms with Crippen molar-refractivity contribution in [1.29, 1.82) is 0 Å². The predicted molar refractivity (Wildman–Crippen MR) is 116 cm³/mol. The van der Waals surface area contributed by atoms with Gasteiger partial charge in [0.2, 0.25) is 5.88 Å². The number of rotatable bonds is 7. The minimum absolute atomic E-state index is 0.0342. The van der Waals surface area contributed by atoms with Crippen LogP contribution in [0, 0.1) is 0 Å². The number of quaternary nitrogens is 1. The number of nitrogens with zero attached hydrogens (tertiary/aromatic N) is 3. The standard InChI is InChI=1S/C23H26N4O4/c1-30-17-9-11-18(12-10-17)31-15-21(28)24-25-22-19-7-3-4-8-20(19)27(23(22)29)16-26-13-5-2-6-14-26/h3-4,7-12,29H,2,5-6,13-16H2,1H3/p+1. The van der Waals surface area contributed by atoms with Gasteiger partial charge < -0.3 is 19.5 Å². The molecule has 2 aromatic carbocycles. The van der Waals surface area contributed by atoms with E-state index in [1.807, 2.05) is 28.8 Å². The van der Waals surface area contributed by atoms with Crippen LogP contribution in [0.4, 0.5) is 5.69 Å². The van der Waals surface area contributed by atoms with Crippen molar-refractivity contribution in [3.63, 3.8) is 0 Å². The second kappa shape index (κ2) is 9.61. The van der Waals surface area contributed by atoms with Crippen molar-refractivity contribution in [1.82, 2.24) is 4.57 Å². The molecule has 0 saturated carbocycles. The molecule has 0 radical (unpaired) electrons. The van der Waals surface area contributed by atoms with Gasteiger partial charge in [-0.15, -0.1) is 10.2 Å². The zero-order valence-corrected chi connectivity index (χ0v) is 17.6. The maximum Gasteiger partial charge on any atom is 0.302 e. The number of benzene rings is 2. The number of methoxy groups -OCH3 is 1. The number of ether oxygens (including phenoxy) is 2. The Morgan fingerprint density at radius 1 is 1.06 bits per heavy atom. The Balaban J connectivity index is 1.48. The molecule has 0 spiro atoms. The van der Waals surface area contributed by atoms with Gasteiger partial charge in [-0.1, -0.05) is 18.2 Å². The van der Waals surface area contributed by atoms with E-state index in [1.165, 1.54) is 24.2 Å². The third-order valence-electron chi connectivity index (χ3n) is 5.54. The maximum atomic E-state index is 12.2. The van der Waals surface area contributed by atoms with E-state index in [4.69, 9.17) is 9.47 Å². The van der Waals surface area contributed by atoms with Crippen molar-refractivity contribution in [2.24, 2.45) is 10.2 Å². The molecule has 31 heavy (non-hydrogen) atoms. The summed E-state index contributed by atoms with van der Waals surface area (Å²) in [7, 11) is 1.58. The van der Waals surface area contributed by atoms with Crippen molar-refractivity contribution in [3.8, 4) is 17.4 Å². The van der Waals surface area contributed by atoms with E-state index < -0.39 is 5.91 Å². The fourth-order valence-corrected chi connectivity index (χ4v) is 3.92. The van der Waals surface area contributed by atoms with E-state index in [0.717, 1.165) is 24.0 Å². The van der Waals surface area contributed by atoms with Gasteiger partial charge in [0.1, 0.15) is 11.5 Å². The van der Waals surface area contributed by atoms with Crippen LogP contribution in [0.25, 0.3) is 10.9 Å². The van der Waals surface area contributed by atoms with Crippen molar-refractivity contribution in [3.05, 3.63) is 48.5 Å². The van der Waals surface area contributed by atoms with E-state index >= 15 is 0 Å². The second-order valence-corrected chi connectivity index (χ2v) is 7.64. The van der Waals surface area contributed by atoms with Crippen molar-refractivity contribution < 1.29 is 24.3 Å². The Labute approximate surface area is 180 Å². The molecular formula is C23H27N4O4+. The van der Waals surface area contributed by atoms with E-state index in [1.54, 1.807) is 31.4 Å². The first-order chi connectivity index (χ1) is 15.2. The Morgan fingerprint density at radius 3 is 2.52 bits per heavy atom. The first-order valence-corrected chi connectivity index (χ1v) is 10.5. The van der Waals surface area contributed by atoms with Gasteiger partial charge in [-0.2, -0.15) is 0 Å². The van der Waals surface area contributed by atoms with E-state index in [0.29, 0.717) is 23.9 Å². The molecule has 0 bridgehead atoms. The van der Waals surface area contributed by atoms with Gasteiger partial charge in [0.25, 0.3) is 0 Å². The van der Waals surface area contributed by atoms with Crippen LogP contribution in [0.15, 0.2) is 58.8 Å². The Morgan fingerprint density at radius 2 is 1.77 bits per heavy atom. The molecular weight excluding hydrogens is 396 g/mol. The fourth-order valence-electron chi connectivity index (χ4n) is 3.92. The van der Waals surface area contributed by atoms with Gasteiger partial charge >= 0.3 is 5.91 Å². The number of likely N-dealkylation sites (tertiary alicyclic amines) is 1. The lowest BCUT2D eigenvalue weighted by Crippen LogP contribution is -3.12. The van der Waals surface area contributed by atoms with E-state index in [-0.39, 0.29) is 12.5 Å². The minimum Gasteiger partial charge on any atom is -0.497 e. The number of aromatic hydroxyl groups is 1. The number of nitrogens with one attached hydrogen (secondary N) is 1. The number of carbonyl (C=O) groups is 1. The van der Waals surface area contributed by atoms with Crippen molar-refractivity contribution in [2.75, 3.05) is 26.8 Å². The highest BCUT2D eigenvalue weighted by molar-refractivity contribution is 5.95. The van der Waals surface area contributed by atoms with Gasteiger partial charge in [-0.3, -0.25) is 9.36 Å². The Kier molecular flexibility index (Phi) is 6.47. The largest absolute Gasteiger partial charge is 0.497 e. The number of fused-ring (bicyclic) bond motifs is 1.